The Morgan fingerprint density at radius 1 is 1.59 bits per heavy atom. The summed E-state index contributed by atoms with van der Waals surface area (Å²) in [4.78, 5) is 12.0. The Bertz CT molecular complexity index is 496. The van der Waals surface area contributed by atoms with Gasteiger partial charge in [-0.05, 0) is 19.1 Å². The van der Waals surface area contributed by atoms with Crippen LogP contribution in [-0.4, -0.2) is 38.8 Å². The van der Waals surface area contributed by atoms with Crippen LogP contribution in [0, 0.1) is 5.82 Å². The molecule has 0 spiro atoms. The van der Waals surface area contributed by atoms with Gasteiger partial charge in [0.1, 0.15) is 11.6 Å². The number of hydrogen-bond acceptors (Lipinski definition) is 4. The van der Waals surface area contributed by atoms with Crippen molar-refractivity contribution in [2.45, 2.75) is 25.4 Å². The lowest BCUT2D eigenvalue weighted by atomic mass is 10.1. The number of ether oxygens (including phenoxy) is 2. The van der Waals surface area contributed by atoms with Gasteiger partial charge in [-0.25, -0.2) is 4.39 Å². The summed E-state index contributed by atoms with van der Waals surface area (Å²) in [5, 5.41) is 6.02. The molecule has 5 nitrogen and oxygen atoms in total. The molecule has 1 amide bonds. The highest BCUT2D eigenvalue weighted by Crippen LogP contribution is 2.27. The molecule has 2 unspecified atom stereocenters. The summed E-state index contributed by atoms with van der Waals surface area (Å²) in [5.74, 6) is -0.0981. The van der Waals surface area contributed by atoms with Gasteiger partial charge in [0.15, 0.2) is 0 Å². The van der Waals surface area contributed by atoms with Crippen LogP contribution in [0.4, 0.5) is 4.39 Å². The van der Waals surface area contributed by atoms with Crippen LogP contribution in [0.15, 0.2) is 18.2 Å². The van der Waals surface area contributed by atoms with Crippen molar-refractivity contribution in [3.8, 4) is 5.75 Å². The molecule has 2 atom stereocenters. The number of methoxy groups -OCH3 is 1. The molecule has 2 rings (SSSR count). The maximum absolute atomic E-state index is 13.9. The largest absolute Gasteiger partial charge is 0.496 e. The van der Waals surface area contributed by atoms with Crippen LogP contribution in [0.3, 0.4) is 0 Å². The highest BCUT2D eigenvalue weighted by Gasteiger charge is 2.21. The second kappa shape index (κ2) is 8.92. The molecule has 7 heteroatoms. The lowest BCUT2D eigenvalue weighted by molar-refractivity contribution is -0.122. The molecular weight excluding hydrogens is 311 g/mol. The third kappa shape index (κ3) is 4.83. The van der Waals surface area contributed by atoms with Gasteiger partial charge < -0.3 is 20.1 Å². The highest BCUT2D eigenvalue weighted by atomic mass is 35.5. The molecule has 1 saturated heterocycles. The predicted molar refractivity (Wildman–Crippen MR) is 84.0 cm³/mol. The van der Waals surface area contributed by atoms with Crippen LogP contribution in [0.25, 0.3) is 0 Å². The fraction of sp³-hybridized carbons (Fsp3) is 0.533. The first-order valence-corrected chi connectivity index (χ1v) is 7.04. The van der Waals surface area contributed by atoms with Gasteiger partial charge in [0.05, 0.1) is 31.9 Å². The molecule has 1 aromatic carbocycles. The molecule has 1 aromatic rings. The molecule has 0 saturated carbocycles. The molecule has 0 bridgehead atoms. The Hall–Kier alpha value is -1.37. The summed E-state index contributed by atoms with van der Waals surface area (Å²) in [6.07, 6.45) is 0.307. The molecule has 124 valence electrons. The summed E-state index contributed by atoms with van der Waals surface area (Å²) in [6.45, 7) is 3.67. The van der Waals surface area contributed by atoms with Crippen molar-refractivity contribution in [2.24, 2.45) is 0 Å². The van der Waals surface area contributed by atoms with Crippen LogP contribution >= 0.6 is 12.4 Å². The molecular formula is C15H22ClFN2O3. The van der Waals surface area contributed by atoms with Crippen LogP contribution in [0.5, 0.6) is 5.75 Å². The Morgan fingerprint density at radius 3 is 3.00 bits per heavy atom. The van der Waals surface area contributed by atoms with E-state index >= 15 is 0 Å². The van der Waals surface area contributed by atoms with Gasteiger partial charge in [-0.3, -0.25) is 4.79 Å². The van der Waals surface area contributed by atoms with Crippen molar-refractivity contribution >= 4 is 18.3 Å². The predicted octanol–water partition coefficient (Wildman–Crippen LogP) is 1.81. The van der Waals surface area contributed by atoms with E-state index < -0.39 is 6.04 Å². The van der Waals surface area contributed by atoms with E-state index in [2.05, 4.69) is 10.6 Å². The van der Waals surface area contributed by atoms with E-state index in [1.807, 2.05) is 0 Å². The molecule has 1 heterocycles. The molecule has 1 fully saturated rings. The van der Waals surface area contributed by atoms with E-state index in [0.717, 1.165) is 6.54 Å². The summed E-state index contributed by atoms with van der Waals surface area (Å²) >= 11 is 0. The van der Waals surface area contributed by atoms with E-state index in [1.165, 1.54) is 13.2 Å². The van der Waals surface area contributed by atoms with Crippen molar-refractivity contribution in [2.75, 3.05) is 26.9 Å². The summed E-state index contributed by atoms with van der Waals surface area (Å²) in [7, 11) is 1.48. The summed E-state index contributed by atoms with van der Waals surface area (Å²) in [6, 6.07) is 4.16. The lowest BCUT2D eigenvalue weighted by Crippen LogP contribution is -2.44. The second-order valence-corrected chi connectivity index (χ2v) is 5.08. The standard InChI is InChI=1S/C15H21FN2O3.ClH/c1-10(15-12(16)4-3-5-13(15)20-2)18-14(19)8-11-9-21-7-6-17-11;/h3-5,10-11,17H,6-9H2,1-2H3,(H,18,19);1H. The fourth-order valence-electron chi connectivity index (χ4n) is 2.46. The van der Waals surface area contributed by atoms with Crippen molar-refractivity contribution in [1.82, 2.24) is 10.6 Å². The average molecular weight is 333 g/mol. The van der Waals surface area contributed by atoms with Gasteiger partial charge >= 0.3 is 0 Å². The Balaban J connectivity index is 0.00000242. The second-order valence-electron chi connectivity index (χ2n) is 5.08. The Morgan fingerprint density at radius 2 is 2.36 bits per heavy atom. The first kappa shape index (κ1) is 18.7. The molecule has 0 aromatic heterocycles. The normalized spacial score (nSPS) is 19.0. The minimum Gasteiger partial charge on any atom is -0.496 e. The molecule has 22 heavy (non-hydrogen) atoms. The highest BCUT2D eigenvalue weighted by molar-refractivity contribution is 5.85. The van der Waals surface area contributed by atoms with Crippen molar-refractivity contribution in [3.63, 3.8) is 0 Å². The number of halogens is 2. The van der Waals surface area contributed by atoms with Crippen LogP contribution in [-0.2, 0) is 9.53 Å². The van der Waals surface area contributed by atoms with Gasteiger partial charge in [-0.15, -0.1) is 12.4 Å². The molecule has 0 aliphatic carbocycles. The summed E-state index contributed by atoms with van der Waals surface area (Å²) in [5.41, 5.74) is 0.362. The van der Waals surface area contributed by atoms with Gasteiger partial charge in [0, 0.05) is 19.0 Å². The molecule has 1 aliphatic heterocycles. The molecule has 2 N–H and O–H groups in total. The monoisotopic (exact) mass is 332 g/mol. The molecule has 0 radical (unpaired) electrons. The number of hydrogen-bond donors (Lipinski definition) is 2. The smallest absolute Gasteiger partial charge is 0.222 e. The minimum atomic E-state index is -0.460. The number of carbonyl (C=O) groups is 1. The van der Waals surface area contributed by atoms with Gasteiger partial charge in [-0.2, -0.15) is 0 Å². The summed E-state index contributed by atoms with van der Waals surface area (Å²) < 4.78 is 24.4. The van der Waals surface area contributed by atoms with E-state index in [9.17, 15) is 9.18 Å². The fourth-order valence-corrected chi connectivity index (χ4v) is 2.46. The quantitative estimate of drug-likeness (QED) is 0.863. The zero-order chi connectivity index (χ0) is 15.2. The number of amides is 1. The van der Waals surface area contributed by atoms with Gasteiger partial charge in [0.25, 0.3) is 0 Å². The number of rotatable bonds is 5. The maximum atomic E-state index is 13.9. The zero-order valence-corrected chi connectivity index (χ0v) is 13.5. The Kier molecular flexibility index (Phi) is 7.58. The van der Waals surface area contributed by atoms with E-state index in [4.69, 9.17) is 9.47 Å². The van der Waals surface area contributed by atoms with Crippen LogP contribution in [0.1, 0.15) is 24.9 Å². The van der Waals surface area contributed by atoms with E-state index in [-0.39, 0.29) is 30.2 Å². The number of nitrogens with one attached hydrogen (secondary N) is 2. The first-order valence-electron chi connectivity index (χ1n) is 7.04. The lowest BCUT2D eigenvalue weighted by Gasteiger charge is -2.24. The molecule has 1 aliphatic rings. The average Bonchev–Trinajstić information content (AvgIpc) is 2.47. The number of morpholine rings is 1. The van der Waals surface area contributed by atoms with E-state index in [0.29, 0.717) is 30.9 Å². The maximum Gasteiger partial charge on any atom is 0.222 e. The van der Waals surface area contributed by atoms with Gasteiger partial charge in [0.2, 0.25) is 5.91 Å². The van der Waals surface area contributed by atoms with Crippen molar-refractivity contribution in [3.05, 3.63) is 29.6 Å². The third-order valence-corrected chi connectivity index (χ3v) is 3.47. The Labute approximate surface area is 136 Å². The SMILES string of the molecule is COc1cccc(F)c1C(C)NC(=O)CC1COCCN1.Cl. The minimum absolute atomic E-state index is 0. The van der Waals surface area contributed by atoms with Crippen molar-refractivity contribution in [1.29, 1.82) is 0 Å². The van der Waals surface area contributed by atoms with Crippen LogP contribution < -0.4 is 15.4 Å². The number of carbonyl (C=O) groups excluding carboxylic acids is 1. The van der Waals surface area contributed by atoms with E-state index in [1.54, 1.807) is 19.1 Å². The number of benzene rings is 1. The third-order valence-electron chi connectivity index (χ3n) is 3.47. The van der Waals surface area contributed by atoms with Crippen LogP contribution in [0.2, 0.25) is 0 Å². The van der Waals surface area contributed by atoms with Crippen molar-refractivity contribution < 1.29 is 18.7 Å². The first-order chi connectivity index (χ1) is 10.1. The zero-order valence-electron chi connectivity index (χ0n) is 12.7. The van der Waals surface area contributed by atoms with Gasteiger partial charge in [-0.1, -0.05) is 6.07 Å². The topological polar surface area (TPSA) is 59.6 Å².